The Labute approximate surface area is 165 Å². The molecule has 8 heteroatoms. The van der Waals surface area contributed by atoms with Crippen LogP contribution in [0.25, 0.3) is 4.96 Å². The maximum atomic E-state index is 10.9. The molecule has 1 atom stereocenters. The number of hydrogen-bond donors (Lipinski definition) is 1. The van der Waals surface area contributed by atoms with Crippen LogP contribution in [0.2, 0.25) is 0 Å². The maximum Gasteiger partial charge on any atom is 0.230 e. The van der Waals surface area contributed by atoms with Gasteiger partial charge in [0.15, 0.2) is 5.82 Å². The van der Waals surface area contributed by atoms with E-state index in [-0.39, 0.29) is 11.9 Å². The summed E-state index contributed by atoms with van der Waals surface area (Å²) in [6.07, 6.45) is 0.761. The first-order valence-electron chi connectivity index (χ1n) is 8.82. The van der Waals surface area contributed by atoms with Gasteiger partial charge < -0.3 is 10.0 Å². The van der Waals surface area contributed by atoms with Crippen molar-refractivity contribution in [3.63, 3.8) is 0 Å². The van der Waals surface area contributed by atoms with Crippen molar-refractivity contribution in [1.29, 1.82) is 0 Å². The molecular formula is C18H22BrN5OS. The molecule has 0 spiro atoms. The highest BCUT2D eigenvalue weighted by atomic mass is 79.9. The number of aromatic hydroxyl groups is 1. The maximum absolute atomic E-state index is 10.9. The van der Waals surface area contributed by atoms with Gasteiger partial charge in [0.1, 0.15) is 0 Å². The Bertz CT molecular complexity index is 916. The second-order valence-corrected chi connectivity index (χ2v) is 8.59. The van der Waals surface area contributed by atoms with Crippen molar-refractivity contribution in [2.45, 2.75) is 19.4 Å². The lowest BCUT2D eigenvalue weighted by molar-refractivity contribution is 0.127. The molecule has 0 radical (unpaired) electrons. The van der Waals surface area contributed by atoms with E-state index in [0.717, 1.165) is 52.7 Å². The third-order valence-electron chi connectivity index (χ3n) is 4.88. The topological polar surface area (TPSA) is 56.9 Å². The Kier molecular flexibility index (Phi) is 5.00. The van der Waals surface area contributed by atoms with Crippen molar-refractivity contribution in [3.8, 4) is 5.88 Å². The number of piperazine rings is 1. The molecule has 26 heavy (non-hydrogen) atoms. The number of hydrogen-bond acceptors (Lipinski definition) is 6. The number of fused-ring (bicyclic) bond motifs is 1. The monoisotopic (exact) mass is 435 g/mol. The Hall–Kier alpha value is -1.48. The van der Waals surface area contributed by atoms with Gasteiger partial charge in [-0.05, 0) is 24.7 Å². The van der Waals surface area contributed by atoms with E-state index in [0.29, 0.717) is 0 Å². The van der Waals surface area contributed by atoms with Gasteiger partial charge in [-0.25, -0.2) is 4.98 Å². The van der Waals surface area contributed by atoms with Gasteiger partial charge >= 0.3 is 0 Å². The number of aromatic nitrogens is 3. The zero-order chi connectivity index (χ0) is 18.3. The number of aryl methyl sites for hydroxylation is 1. The van der Waals surface area contributed by atoms with Gasteiger partial charge in [0.05, 0.1) is 10.9 Å². The molecular weight excluding hydrogens is 414 g/mol. The summed E-state index contributed by atoms with van der Waals surface area (Å²) in [5.41, 5.74) is 1.17. The number of thiazole rings is 1. The highest BCUT2D eigenvalue weighted by Gasteiger charge is 2.31. The van der Waals surface area contributed by atoms with Crippen molar-refractivity contribution < 1.29 is 5.11 Å². The van der Waals surface area contributed by atoms with Crippen LogP contribution < -0.4 is 0 Å². The van der Waals surface area contributed by atoms with E-state index in [4.69, 9.17) is 0 Å². The third kappa shape index (κ3) is 3.26. The fourth-order valence-electron chi connectivity index (χ4n) is 3.40. The average Bonchev–Trinajstić information content (AvgIpc) is 3.17. The Balaban J connectivity index is 1.79. The van der Waals surface area contributed by atoms with E-state index in [9.17, 15) is 5.11 Å². The molecule has 1 N–H and O–H groups in total. The van der Waals surface area contributed by atoms with Gasteiger partial charge in [-0.2, -0.15) is 4.52 Å². The highest BCUT2D eigenvalue weighted by Crippen LogP contribution is 2.40. The Morgan fingerprint density at radius 2 is 2.04 bits per heavy atom. The van der Waals surface area contributed by atoms with Gasteiger partial charge in [-0.1, -0.05) is 46.3 Å². The number of halogens is 1. The molecule has 3 heterocycles. The van der Waals surface area contributed by atoms with Crippen LogP contribution >= 0.6 is 27.3 Å². The van der Waals surface area contributed by atoms with Gasteiger partial charge in [-0.15, -0.1) is 5.10 Å². The van der Waals surface area contributed by atoms with Crippen LogP contribution in [-0.4, -0.2) is 62.7 Å². The molecule has 4 rings (SSSR count). The molecule has 138 valence electrons. The number of likely N-dealkylation sites (N-methyl/N-ethyl adjacent to an activating group) is 1. The number of rotatable bonds is 4. The third-order valence-corrected chi connectivity index (χ3v) is 6.44. The van der Waals surface area contributed by atoms with Crippen LogP contribution in [0.4, 0.5) is 0 Å². The van der Waals surface area contributed by atoms with E-state index >= 15 is 0 Å². The minimum absolute atomic E-state index is 0.000207. The predicted octanol–water partition coefficient (Wildman–Crippen LogP) is 3.16. The molecule has 0 aliphatic carbocycles. The van der Waals surface area contributed by atoms with Crippen molar-refractivity contribution in [2.75, 3.05) is 33.2 Å². The zero-order valence-corrected chi connectivity index (χ0v) is 17.3. The molecule has 1 aliphatic heterocycles. The zero-order valence-electron chi connectivity index (χ0n) is 14.9. The molecule has 6 nitrogen and oxygen atoms in total. The molecule has 0 saturated carbocycles. The summed E-state index contributed by atoms with van der Waals surface area (Å²) in [5, 5.41) is 15.3. The lowest BCUT2D eigenvalue weighted by Gasteiger charge is -2.37. The summed E-state index contributed by atoms with van der Waals surface area (Å²) in [7, 11) is 2.15. The smallest absolute Gasteiger partial charge is 0.230 e. The van der Waals surface area contributed by atoms with Crippen LogP contribution in [0.1, 0.15) is 29.2 Å². The summed E-state index contributed by atoms with van der Waals surface area (Å²) in [5.74, 6) is 0.970. The summed E-state index contributed by atoms with van der Waals surface area (Å²) >= 11 is 5.12. The number of nitrogens with zero attached hydrogens (tertiary/aromatic N) is 5. The molecule has 2 aromatic heterocycles. The quantitative estimate of drug-likeness (QED) is 0.681. The minimum atomic E-state index is -0.000207. The first kappa shape index (κ1) is 17.9. The van der Waals surface area contributed by atoms with E-state index in [1.807, 2.05) is 19.1 Å². The second-order valence-electron chi connectivity index (χ2n) is 6.66. The van der Waals surface area contributed by atoms with Crippen LogP contribution in [0.5, 0.6) is 5.88 Å². The van der Waals surface area contributed by atoms with Crippen molar-refractivity contribution in [1.82, 2.24) is 24.4 Å². The predicted molar refractivity (Wildman–Crippen MR) is 107 cm³/mol. The van der Waals surface area contributed by atoms with Crippen molar-refractivity contribution in [2.24, 2.45) is 0 Å². The van der Waals surface area contributed by atoms with Crippen LogP contribution in [0, 0.1) is 0 Å². The fraction of sp³-hybridized carbons (Fsp3) is 0.444. The summed E-state index contributed by atoms with van der Waals surface area (Å²) in [6.45, 7) is 5.98. The van der Waals surface area contributed by atoms with Crippen LogP contribution in [0.3, 0.4) is 0 Å². The van der Waals surface area contributed by atoms with E-state index < -0.39 is 0 Å². The van der Waals surface area contributed by atoms with E-state index in [2.05, 4.69) is 55.0 Å². The summed E-state index contributed by atoms with van der Waals surface area (Å²) in [4.78, 5) is 11.0. The Morgan fingerprint density at radius 1 is 1.27 bits per heavy atom. The van der Waals surface area contributed by atoms with Gasteiger partial charge in [0, 0.05) is 37.1 Å². The first-order valence-corrected chi connectivity index (χ1v) is 10.4. The molecule has 1 aliphatic rings. The molecule has 0 unspecified atom stereocenters. The lowest BCUT2D eigenvalue weighted by Crippen LogP contribution is -2.46. The normalized spacial score (nSPS) is 17.8. The first-order chi connectivity index (χ1) is 12.6. The van der Waals surface area contributed by atoms with Gasteiger partial charge in [-0.3, -0.25) is 4.90 Å². The highest BCUT2D eigenvalue weighted by molar-refractivity contribution is 9.10. The van der Waals surface area contributed by atoms with Crippen LogP contribution in [0.15, 0.2) is 28.7 Å². The van der Waals surface area contributed by atoms with Crippen LogP contribution in [-0.2, 0) is 6.42 Å². The molecule has 3 aromatic rings. The van der Waals surface area contributed by atoms with Gasteiger partial charge in [0.25, 0.3) is 0 Å². The summed E-state index contributed by atoms with van der Waals surface area (Å²) in [6, 6.07) is 8.34. The molecule has 1 fully saturated rings. The number of benzene rings is 1. The molecule has 0 bridgehead atoms. The summed E-state index contributed by atoms with van der Waals surface area (Å²) < 4.78 is 2.63. The second kappa shape index (κ2) is 7.26. The standard InChI is InChI=1S/C18H22BrN5OS/c1-3-14-20-18-24(21-14)17(25)16(26-18)15(12-5-4-6-13(19)11-12)23-9-7-22(2)8-10-23/h4-6,11,15,25H,3,7-10H2,1-2H3/t15-/m1/s1. The average molecular weight is 436 g/mol. The SMILES string of the molecule is CCc1nc2sc([C@@H](c3cccc(Br)c3)N3CCN(C)CC3)c(O)n2n1. The minimum Gasteiger partial charge on any atom is -0.492 e. The van der Waals surface area contributed by atoms with E-state index in [1.54, 1.807) is 4.52 Å². The lowest BCUT2D eigenvalue weighted by atomic mass is 10.0. The van der Waals surface area contributed by atoms with E-state index in [1.165, 1.54) is 16.9 Å². The largest absolute Gasteiger partial charge is 0.492 e. The Morgan fingerprint density at radius 3 is 2.69 bits per heavy atom. The van der Waals surface area contributed by atoms with Gasteiger partial charge in [0.2, 0.25) is 10.8 Å². The van der Waals surface area contributed by atoms with Crippen molar-refractivity contribution >= 4 is 32.2 Å². The fourth-order valence-corrected chi connectivity index (χ4v) is 4.96. The molecule has 1 saturated heterocycles. The molecule has 1 aromatic carbocycles. The molecule has 0 amide bonds. The van der Waals surface area contributed by atoms with Crippen molar-refractivity contribution in [3.05, 3.63) is 45.0 Å².